The van der Waals surface area contributed by atoms with Crippen LogP contribution < -0.4 is 69.3 Å². The van der Waals surface area contributed by atoms with Crippen LogP contribution in [0.2, 0.25) is 0 Å². The molecule has 2 rings (SSSR count). The molecule has 2 aromatic carbocycles. The van der Waals surface area contributed by atoms with Gasteiger partial charge in [0.05, 0.1) is 24.8 Å². The number of carbonyl (C=O) groups is 4. The average Bonchev–Trinajstić information content (AvgIpc) is 2.61. The number of hydrogen-bond donors (Lipinski definition) is 4. The summed E-state index contributed by atoms with van der Waals surface area (Å²) in [4.78, 5) is 39.6. The maximum atomic E-state index is 10.2. The summed E-state index contributed by atoms with van der Waals surface area (Å²) in [5.41, 5.74) is -0.356. The molecule has 0 aliphatic carbocycles. The van der Waals surface area contributed by atoms with E-state index in [1.54, 1.807) is 12.1 Å². The molecule has 0 saturated heterocycles. The minimum atomic E-state index is -1.36. The van der Waals surface area contributed by atoms with E-state index in [0.717, 1.165) is 0 Å². The molecule has 0 heterocycles. The summed E-state index contributed by atoms with van der Waals surface area (Å²) in [6.07, 6.45) is -0.593. The first-order valence-electron chi connectivity index (χ1n) is 7.48. The van der Waals surface area contributed by atoms with Gasteiger partial charge in [0.15, 0.2) is 0 Å². The minimum Gasteiger partial charge on any atom is -0.545 e. The first-order chi connectivity index (χ1) is 13.1. The van der Waals surface area contributed by atoms with Crippen molar-refractivity contribution in [2.75, 3.05) is 0 Å². The maximum Gasteiger partial charge on any atom is 1.00 e. The Balaban J connectivity index is -0.000000356. The number of carboxylic acids is 4. The number of benzene rings is 2. The Bertz CT molecular complexity index is 770. The number of aromatic carboxylic acids is 2. The van der Waals surface area contributed by atoms with Crippen molar-refractivity contribution in [3.05, 3.63) is 59.7 Å². The molecule has 2 aromatic rings. The number of para-hydroxylation sites is 2. The fourth-order valence-electron chi connectivity index (χ4n) is 1.51. The van der Waals surface area contributed by atoms with Crippen molar-refractivity contribution in [2.45, 2.75) is 12.8 Å². The van der Waals surface area contributed by atoms with E-state index in [-0.39, 0.29) is 94.6 Å². The van der Waals surface area contributed by atoms with Crippen LogP contribution in [0.5, 0.6) is 11.5 Å². The van der Waals surface area contributed by atoms with Gasteiger partial charge in [0.2, 0.25) is 0 Å². The Morgan fingerprint density at radius 2 is 0.900 bits per heavy atom. The zero-order valence-electron chi connectivity index (χ0n) is 16.3. The van der Waals surface area contributed by atoms with Crippen molar-refractivity contribution in [3.8, 4) is 11.5 Å². The SMILES string of the molecule is O=C(O)CCC(=O)O.O=C([O-])c1ccccc1O.O=C([O-])c1ccccc1O.[Na+].[Na+]. The topological polar surface area (TPSA) is 195 Å². The van der Waals surface area contributed by atoms with E-state index in [9.17, 15) is 29.4 Å². The summed E-state index contributed by atoms with van der Waals surface area (Å²) in [7, 11) is 0. The molecule has 0 aliphatic heterocycles. The molecule has 0 aliphatic rings. The van der Waals surface area contributed by atoms with E-state index in [4.69, 9.17) is 20.4 Å². The number of aliphatic carboxylic acids is 2. The molecule has 12 heteroatoms. The zero-order valence-corrected chi connectivity index (χ0v) is 20.3. The molecule has 150 valence electrons. The predicted molar refractivity (Wildman–Crippen MR) is 89.4 cm³/mol. The smallest absolute Gasteiger partial charge is 0.545 e. The first kappa shape index (κ1) is 32.6. The van der Waals surface area contributed by atoms with E-state index in [1.165, 1.54) is 36.4 Å². The van der Waals surface area contributed by atoms with Gasteiger partial charge in [0.25, 0.3) is 0 Å². The third-order valence-corrected chi connectivity index (χ3v) is 2.80. The Labute approximate surface area is 215 Å². The number of carboxylic acid groups (broad SMARTS) is 4. The molecular weight excluding hydrogens is 422 g/mol. The van der Waals surface area contributed by atoms with Crippen LogP contribution in [0.3, 0.4) is 0 Å². The van der Waals surface area contributed by atoms with Crippen LogP contribution in [0, 0.1) is 0 Å². The molecule has 0 aromatic heterocycles. The molecule has 4 N–H and O–H groups in total. The second-order valence-electron chi connectivity index (χ2n) is 4.90. The summed E-state index contributed by atoms with van der Waals surface area (Å²) in [5.74, 6) is -5.40. The van der Waals surface area contributed by atoms with Gasteiger partial charge in [-0.25, -0.2) is 0 Å². The number of rotatable bonds is 5. The standard InChI is InChI=1S/2C7H6O3.C4H6O4.2Na/c2*8-6-4-2-1-3-5(6)7(9)10;5-3(6)1-2-4(7)8;;/h2*1-4,8H,(H,9,10);1-2H2,(H,5,6)(H,7,8);;/q;;;2*+1/p-2. The first-order valence-corrected chi connectivity index (χ1v) is 7.48. The molecule has 0 amide bonds. The van der Waals surface area contributed by atoms with Crippen LogP contribution in [0.15, 0.2) is 48.5 Å². The van der Waals surface area contributed by atoms with Crippen molar-refractivity contribution in [2.24, 2.45) is 0 Å². The zero-order chi connectivity index (χ0) is 21.7. The van der Waals surface area contributed by atoms with E-state index in [2.05, 4.69) is 0 Å². The van der Waals surface area contributed by atoms with Crippen LogP contribution >= 0.6 is 0 Å². The fraction of sp³-hybridized carbons (Fsp3) is 0.111. The number of carbonyl (C=O) groups excluding carboxylic acids is 2. The van der Waals surface area contributed by atoms with Gasteiger partial charge in [-0.3, -0.25) is 9.59 Å². The van der Waals surface area contributed by atoms with Crippen LogP contribution in [-0.4, -0.2) is 44.3 Å². The van der Waals surface area contributed by atoms with Gasteiger partial charge in [-0.2, -0.15) is 0 Å². The van der Waals surface area contributed by atoms with Gasteiger partial charge in [0.1, 0.15) is 11.5 Å². The van der Waals surface area contributed by atoms with Crippen molar-refractivity contribution >= 4 is 23.9 Å². The van der Waals surface area contributed by atoms with Gasteiger partial charge >= 0.3 is 71.1 Å². The molecule has 0 unspecified atom stereocenters. The van der Waals surface area contributed by atoms with Gasteiger partial charge < -0.3 is 40.2 Å². The van der Waals surface area contributed by atoms with Crippen molar-refractivity contribution in [1.29, 1.82) is 0 Å². The molecule has 0 atom stereocenters. The van der Waals surface area contributed by atoms with Crippen LogP contribution in [0.4, 0.5) is 0 Å². The molecule has 0 saturated carbocycles. The van der Waals surface area contributed by atoms with Gasteiger partial charge in [-0.05, 0) is 24.3 Å². The van der Waals surface area contributed by atoms with E-state index >= 15 is 0 Å². The van der Waals surface area contributed by atoms with E-state index < -0.39 is 23.9 Å². The molecular formula is C18H16Na2O10. The summed E-state index contributed by atoms with van der Waals surface area (Å²) in [5, 5.41) is 53.8. The Morgan fingerprint density at radius 3 is 1.07 bits per heavy atom. The quantitative estimate of drug-likeness (QED) is 0.326. The number of hydrogen-bond acceptors (Lipinski definition) is 8. The molecule has 0 radical (unpaired) electrons. The molecule has 10 nitrogen and oxygen atoms in total. The molecule has 0 fully saturated rings. The number of aromatic hydroxyl groups is 2. The second kappa shape index (κ2) is 17.8. The van der Waals surface area contributed by atoms with Crippen LogP contribution in [0.25, 0.3) is 0 Å². The van der Waals surface area contributed by atoms with E-state index in [0.29, 0.717) is 0 Å². The minimum absolute atomic E-state index is 0. The van der Waals surface area contributed by atoms with Gasteiger partial charge in [-0.15, -0.1) is 0 Å². The van der Waals surface area contributed by atoms with Gasteiger partial charge in [0, 0.05) is 11.1 Å². The largest absolute Gasteiger partial charge is 1.00 e. The Kier molecular flexibility index (Phi) is 19.3. The second-order valence-corrected chi connectivity index (χ2v) is 4.90. The third kappa shape index (κ3) is 14.9. The number of phenols is 2. The van der Waals surface area contributed by atoms with Crippen molar-refractivity contribution < 1.29 is 109 Å². The monoisotopic (exact) mass is 438 g/mol. The Hall–Kier alpha value is -2.08. The van der Waals surface area contributed by atoms with Gasteiger partial charge in [-0.1, -0.05) is 24.3 Å². The maximum absolute atomic E-state index is 10.2. The van der Waals surface area contributed by atoms with Crippen molar-refractivity contribution in [1.82, 2.24) is 0 Å². The van der Waals surface area contributed by atoms with Crippen LogP contribution in [0.1, 0.15) is 33.6 Å². The molecule has 0 spiro atoms. The molecule has 0 bridgehead atoms. The summed E-state index contributed by atoms with van der Waals surface area (Å²) < 4.78 is 0. The summed E-state index contributed by atoms with van der Waals surface area (Å²) >= 11 is 0. The average molecular weight is 438 g/mol. The normalized spacial score (nSPS) is 8.40. The predicted octanol–water partition coefficient (Wildman–Crippen LogP) is -6.54. The summed E-state index contributed by atoms with van der Waals surface area (Å²) in [6.45, 7) is 0. The van der Waals surface area contributed by atoms with Crippen LogP contribution in [-0.2, 0) is 9.59 Å². The Morgan fingerprint density at radius 1 is 0.633 bits per heavy atom. The van der Waals surface area contributed by atoms with E-state index in [1.807, 2.05) is 0 Å². The van der Waals surface area contributed by atoms with Crippen molar-refractivity contribution in [3.63, 3.8) is 0 Å². The third-order valence-electron chi connectivity index (χ3n) is 2.80. The summed E-state index contributed by atoms with van der Waals surface area (Å²) in [6, 6.07) is 11.3. The molecule has 30 heavy (non-hydrogen) atoms. The fourth-order valence-corrected chi connectivity index (χ4v) is 1.51.